The zero-order chi connectivity index (χ0) is 26.2. The Morgan fingerprint density at radius 2 is 1.67 bits per heavy atom. The minimum absolute atomic E-state index is 0. The molecule has 1 amide bonds. The molecule has 0 saturated carbocycles. The Balaban J connectivity index is 0.00000267. The van der Waals surface area contributed by atoms with Crippen LogP contribution in [0.5, 0.6) is 0 Å². The van der Waals surface area contributed by atoms with E-state index in [1.165, 1.54) is 5.56 Å². The highest BCUT2D eigenvalue weighted by atomic mass is 35.5. The van der Waals surface area contributed by atoms with Crippen LogP contribution >= 0.6 is 24.8 Å². The lowest BCUT2D eigenvalue weighted by atomic mass is 10.1. The number of carbonyl (C=O) groups excluding carboxylic acids is 2. The van der Waals surface area contributed by atoms with Gasteiger partial charge in [0.15, 0.2) is 0 Å². The summed E-state index contributed by atoms with van der Waals surface area (Å²) in [5.41, 5.74) is 10.4. The van der Waals surface area contributed by atoms with Crippen molar-refractivity contribution in [1.82, 2.24) is 14.9 Å². The molecule has 0 saturated heterocycles. The van der Waals surface area contributed by atoms with E-state index >= 15 is 0 Å². The van der Waals surface area contributed by atoms with Gasteiger partial charge < -0.3 is 20.4 Å². The number of nitrogen functional groups attached to an aromatic ring is 1. The Hall–Kier alpha value is -3.88. The molecule has 206 valence electrons. The van der Waals surface area contributed by atoms with E-state index in [0.29, 0.717) is 23.3 Å². The number of hydrogen-bond acceptors (Lipinski definition) is 5. The number of aromatic nitrogens is 2. The summed E-state index contributed by atoms with van der Waals surface area (Å²) >= 11 is 0. The van der Waals surface area contributed by atoms with Crippen molar-refractivity contribution >= 4 is 53.6 Å². The van der Waals surface area contributed by atoms with E-state index < -0.39 is 0 Å². The van der Waals surface area contributed by atoms with Crippen LogP contribution in [0.3, 0.4) is 0 Å². The molecule has 4 aromatic rings. The number of fused-ring (bicyclic) bond motifs is 1. The number of hydrogen-bond donors (Lipinski definition) is 3. The van der Waals surface area contributed by atoms with E-state index in [1.807, 2.05) is 48.0 Å². The van der Waals surface area contributed by atoms with Crippen LogP contribution in [0.15, 0.2) is 72.8 Å². The van der Waals surface area contributed by atoms with Crippen molar-refractivity contribution in [3.05, 3.63) is 89.5 Å². The number of imidazole rings is 1. The number of benzene rings is 3. The van der Waals surface area contributed by atoms with Crippen LogP contribution in [0, 0.1) is 5.41 Å². The highest BCUT2D eigenvalue weighted by Gasteiger charge is 2.14. The third-order valence-corrected chi connectivity index (χ3v) is 6.18. The maximum Gasteiger partial charge on any atom is 0.307 e. The van der Waals surface area contributed by atoms with Gasteiger partial charge in [0.05, 0.1) is 24.1 Å². The predicted octanol–water partition coefficient (Wildman–Crippen LogP) is 5.05. The summed E-state index contributed by atoms with van der Waals surface area (Å²) in [4.78, 5) is 29.3. The summed E-state index contributed by atoms with van der Waals surface area (Å²) in [5, 5.41) is 10.3. The van der Waals surface area contributed by atoms with Gasteiger partial charge in [0.25, 0.3) is 5.91 Å². The van der Waals surface area contributed by atoms with Crippen molar-refractivity contribution in [1.29, 1.82) is 5.41 Å². The highest BCUT2D eigenvalue weighted by molar-refractivity contribution is 5.98. The fourth-order valence-corrected chi connectivity index (χ4v) is 4.11. The SMILES string of the molecule is Cl.Cl.Cn1c(-c2ccc(C(=N)N)cc2)nc2cc(C(=O)NCCC(=O)OCCCCc3ccccc3)ccc21. The Labute approximate surface area is 240 Å². The zero-order valence-electron chi connectivity index (χ0n) is 21.7. The summed E-state index contributed by atoms with van der Waals surface area (Å²) in [6.07, 6.45) is 2.84. The molecular weight excluding hydrogens is 537 g/mol. The molecule has 4 N–H and O–H groups in total. The number of amidine groups is 1. The van der Waals surface area contributed by atoms with Gasteiger partial charge in [0.1, 0.15) is 11.7 Å². The molecule has 0 fully saturated rings. The van der Waals surface area contributed by atoms with Crippen LogP contribution in [0.25, 0.3) is 22.4 Å². The molecule has 3 aromatic carbocycles. The Morgan fingerprint density at radius 1 is 0.974 bits per heavy atom. The largest absolute Gasteiger partial charge is 0.466 e. The van der Waals surface area contributed by atoms with Gasteiger partial charge in [-0.1, -0.05) is 54.6 Å². The van der Waals surface area contributed by atoms with Gasteiger partial charge in [-0.3, -0.25) is 15.0 Å². The van der Waals surface area contributed by atoms with Crippen LogP contribution < -0.4 is 11.1 Å². The van der Waals surface area contributed by atoms with Crippen LogP contribution in [0.1, 0.15) is 40.7 Å². The van der Waals surface area contributed by atoms with E-state index in [2.05, 4.69) is 17.4 Å². The second-order valence-corrected chi connectivity index (χ2v) is 8.86. The molecule has 0 aliphatic heterocycles. The number of halogens is 2. The lowest BCUT2D eigenvalue weighted by Gasteiger charge is -2.07. The van der Waals surface area contributed by atoms with Gasteiger partial charge >= 0.3 is 5.97 Å². The highest BCUT2D eigenvalue weighted by Crippen LogP contribution is 2.25. The number of nitrogens with two attached hydrogens (primary N) is 1. The van der Waals surface area contributed by atoms with E-state index in [9.17, 15) is 9.59 Å². The van der Waals surface area contributed by atoms with E-state index in [4.69, 9.17) is 20.9 Å². The van der Waals surface area contributed by atoms with Gasteiger partial charge in [0, 0.05) is 30.3 Å². The van der Waals surface area contributed by atoms with Crippen LogP contribution in [0.2, 0.25) is 0 Å². The second-order valence-electron chi connectivity index (χ2n) is 8.86. The number of esters is 1. The molecular formula is C29H33Cl2N5O3. The molecule has 0 atom stereocenters. The average Bonchev–Trinajstić information content (AvgIpc) is 3.24. The zero-order valence-corrected chi connectivity index (χ0v) is 23.3. The van der Waals surface area contributed by atoms with Crippen molar-refractivity contribution in [2.45, 2.75) is 25.7 Å². The predicted molar refractivity (Wildman–Crippen MR) is 159 cm³/mol. The van der Waals surface area contributed by atoms with Gasteiger partial charge in [-0.2, -0.15) is 0 Å². The molecule has 8 nitrogen and oxygen atoms in total. The maximum absolute atomic E-state index is 12.6. The van der Waals surface area contributed by atoms with Gasteiger partial charge in [-0.25, -0.2) is 4.98 Å². The molecule has 39 heavy (non-hydrogen) atoms. The second kappa shape index (κ2) is 14.9. The standard InChI is InChI=1S/C29H31N5O3.2ClH/c1-34-25-15-14-23(19-24(25)33-28(34)22-12-10-21(11-13-22)27(30)31)29(36)32-17-16-26(35)37-18-6-5-9-20-7-3-2-4-8-20;;/h2-4,7-8,10-15,19H,5-6,9,16-18H2,1H3,(H3,30,31)(H,32,36);2*1H. The first-order chi connectivity index (χ1) is 17.9. The summed E-state index contributed by atoms with van der Waals surface area (Å²) in [5.74, 6) is 0.171. The number of ether oxygens (including phenoxy) is 1. The summed E-state index contributed by atoms with van der Waals surface area (Å²) in [6, 6.07) is 22.9. The Kier molecular flexibility index (Phi) is 12.0. The van der Waals surface area contributed by atoms with Gasteiger partial charge in [-0.05, 0) is 43.0 Å². The molecule has 1 heterocycles. The van der Waals surface area contributed by atoms with Gasteiger partial charge in [-0.15, -0.1) is 24.8 Å². The minimum Gasteiger partial charge on any atom is -0.466 e. The molecule has 10 heteroatoms. The van der Waals surface area contributed by atoms with Crippen molar-refractivity contribution in [3.63, 3.8) is 0 Å². The average molecular weight is 571 g/mol. The first kappa shape index (κ1) is 31.3. The van der Waals surface area contributed by atoms with Crippen molar-refractivity contribution < 1.29 is 14.3 Å². The van der Waals surface area contributed by atoms with Crippen LogP contribution in [-0.4, -0.2) is 40.4 Å². The maximum atomic E-state index is 12.6. The molecule has 0 aliphatic carbocycles. The number of rotatable bonds is 11. The van der Waals surface area contributed by atoms with E-state index in [1.54, 1.807) is 24.3 Å². The fraction of sp³-hybridized carbons (Fsp3) is 0.241. The lowest BCUT2D eigenvalue weighted by Crippen LogP contribution is -2.26. The normalized spacial score (nSPS) is 10.3. The lowest BCUT2D eigenvalue weighted by molar-refractivity contribution is -0.143. The molecule has 0 radical (unpaired) electrons. The first-order valence-corrected chi connectivity index (χ1v) is 12.3. The molecule has 0 unspecified atom stereocenters. The third kappa shape index (κ3) is 8.30. The number of amides is 1. The first-order valence-electron chi connectivity index (χ1n) is 12.3. The number of carbonyl (C=O) groups is 2. The van der Waals surface area contributed by atoms with E-state index in [0.717, 1.165) is 36.2 Å². The smallest absolute Gasteiger partial charge is 0.307 e. The van der Waals surface area contributed by atoms with Crippen molar-refractivity contribution in [3.8, 4) is 11.4 Å². The quantitative estimate of drug-likeness (QED) is 0.101. The summed E-state index contributed by atoms with van der Waals surface area (Å²) < 4.78 is 7.24. The monoisotopic (exact) mass is 569 g/mol. The van der Waals surface area contributed by atoms with Crippen LogP contribution in [-0.2, 0) is 23.0 Å². The minimum atomic E-state index is -0.319. The molecule has 0 aliphatic rings. The molecule has 0 spiro atoms. The number of nitrogens with one attached hydrogen (secondary N) is 2. The van der Waals surface area contributed by atoms with Gasteiger partial charge in [0.2, 0.25) is 0 Å². The summed E-state index contributed by atoms with van der Waals surface area (Å²) in [7, 11) is 1.91. The Bertz CT molecular complexity index is 1410. The molecule has 4 rings (SSSR count). The third-order valence-electron chi connectivity index (χ3n) is 6.18. The van der Waals surface area contributed by atoms with E-state index in [-0.39, 0.29) is 55.5 Å². The van der Waals surface area contributed by atoms with Crippen molar-refractivity contribution in [2.75, 3.05) is 13.2 Å². The number of aryl methyl sites for hydroxylation is 2. The summed E-state index contributed by atoms with van der Waals surface area (Å²) in [6.45, 7) is 0.589. The topological polar surface area (TPSA) is 123 Å². The van der Waals surface area contributed by atoms with Crippen molar-refractivity contribution in [2.24, 2.45) is 12.8 Å². The molecule has 1 aromatic heterocycles. The Morgan fingerprint density at radius 3 is 2.36 bits per heavy atom. The molecule has 0 bridgehead atoms. The van der Waals surface area contributed by atoms with Crippen LogP contribution in [0.4, 0.5) is 0 Å². The fourth-order valence-electron chi connectivity index (χ4n) is 4.11. The number of unbranched alkanes of at least 4 members (excludes halogenated alkanes) is 1. The number of nitrogens with zero attached hydrogens (tertiary/aromatic N) is 2.